The van der Waals surface area contributed by atoms with Gasteiger partial charge in [0.1, 0.15) is 5.75 Å². The van der Waals surface area contributed by atoms with E-state index in [4.69, 9.17) is 4.74 Å². The molecule has 2 aliphatic rings. The molecule has 0 spiro atoms. The van der Waals surface area contributed by atoms with Crippen molar-refractivity contribution in [3.63, 3.8) is 0 Å². The number of hydrogen-bond donors (Lipinski definition) is 1. The van der Waals surface area contributed by atoms with Crippen LogP contribution in [0.2, 0.25) is 0 Å². The average Bonchev–Trinajstić information content (AvgIpc) is 2.97. The Morgan fingerprint density at radius 2 is 1.96 bits per heavy atom. The van der Waals surface area contributed by atoms with Gasteiger partial charge in [-0.1, -0.05) is 49.7 Å². The van der Waals surface area contributed by atoms with E-state index in [1.165, 1.54) is 36.0 Å². The quantitative estimate of drug-likeness (QED) is 0.778. The molecule has 2 heteroatoms. The number of unbranched alkanes of at least 4 members (excludes halogenated alkanes) is 1. The summed E-state index contributed by atoms with van der Waals surface area (Å²) in [5.74, 6) is 2.18. The zero-order valence-electron chi connectivity index (χ0n) is 14.5. The predicted molar refractivity (Wildman–Crippen MR) is 98.6 cm³/mol. The van der Waals surface area contributed by atoms with Crippen molar-refractivity contribution in [3.05, 3.63) is 65.2 Å². The van der Waals surface area contributed by atoms with E-state index in [1.54, 1.807) is 0 Å². The molecular formula is C22H27NO. The number of ether oxygens (including phenoxy) is 1. The highest BCUT2D eigenvalue weighted by molar-refractivity contribution is 5.47. The molecule has 0 aromatic heterocycles. The third kappa shape index (κ3) is 2.84. The molecule has 4 rings (SSSR count). The minimum absolute atomic E-state index is 0.494. The summed E-state index contributed by atoms with van der Waals surface area (Å²) in [7, 11) is 0. The largest absolute Gasteiger partial charge is 0.494 e. The molecular weight excluding hydrogens is 294 g/mol. The number of rotatable bonds is 5. The predicted octanol–water partition coefficient (Wildman–Crippen LogP) is 5.05. The molecule has 3 atom stereocenters. The fourth-order valence-corrected chi connectivity index (χ4v) is 4.48. The maximum Gasteiger partial charge on any atom is 0.119 e. The molecule has 1 fully saturated rings. The van der Waals surface area contributed by atoms with Crippen LogP contribution in [0, 0.1) is 5.92 Å². The zero-order valence-corrected chi connectivity index (χ0v) is 14.5. The summed E-state index contributed by atoms with van der Waals surface area (Å²) in [5.41, 5.74) is 4.42. The Hall–Kier alpha value is -1.80. The average molecular weight is 321 g/mol. The van der Waals surface area contributed by atoms with Crippen LogP contribution >= 0.6 is 0 Å². The van der Waals surface area contributed by atoms with Crippen LogP contribution in [0.15, 0.2) is 48.5 Å². The lowest BCUT2D eigenvalue weighted by molar-refractivity contribution is 0.285. The summed E-state index contributed by atoms with van der Waals surface area (Å²) >= 11 is 0. The topological polar surface area (TPSA) is 21.3 Å². The molecule has 0 bridgehead atoms. The highest BCUT2D eigenvalue weighted by Crippen LogP contribution is 2.51. The van der Waals surface area contributed by atoms with Crippen molar-refractivity contribution in [3.8, 4) is 5.75 Å². The lowest BCUT2D eigenvalue weighted by Crippen LogP contribution is -2.32. The number of piperidine rings is 1. The van der Waals surface area contributed by atoms with Crippen LogP contribution in [0.3, 0.4) is 0 Å². The molecule has 2 aromatic rings. The van der Waals surface area contributed by atoms with E-state index in [0.717, 1.165) is 25.3 Å². The van der Waals surface area contributed by atoms with Crippen LogP contribution in [0.25, 0.3) is 0 Å². The Morgan fingerprint density at radius 1 is 1.08 bits per heavy atom. The van der Waals surface area contributed by atoms with E-state index in [0.29, 0.717) is 17.9 Å². The zero-order chi connectivity index (χ0) is 16.4. The Bertz CT molecular complexity index is 696. The Kier molecular flexibility index (Phi) is 4.57. The molecule has 1 aliphatic heterocycles. The van der Waals surface area contributed by atoms with Crippen LogP contribution in [-0.4, -0.2) is 13.2 Å². The van der Waals surface area contributed by atoms with E-state index >= 15 is 0 Å². The van der Waals surface area contributed by atoms with Gasteiger partial charge < -0.3 is 10.1 Å². The van der Waals surface area contributed by atoms with Crippen molar-refractivity contribution in [1.82, 2.24) is 5.32 Å². The number of hydrogen-bond acceptors (Lipinski definition) is 2. The summed E-state index contributed by atoms with van der Waals surface area (Å²) in [6, 6.07) is 18.3. The van der Waals surface area contributed by atoms with Gasteiger partial charge in [-0.05, 0) is 60.5 Å². The minimum Gasteiger partial charge on any atom is -0.494 e. The second-order valence-electron chi connectivity index (χ2n) is 7.12. The van der Waals surface area contributed by atoms with Gasteiger partial charge in [-0.25, -0.2) is 0 Å². The minimum atomic E-state index is 0.494. The highest BCUT2D eigenvalue weighted by atomic mass is 16.5. The van der Waals surface area contributed by atoms with Gasteiger partial charge >= 0.3 is 0 Å². The van der Waals surface area contributed by atoms with E-state index in [-0.39, 0.29) is 0 Å². The molecule has 126 valence electrons. The number of benzene rings is 2. The second-order valence-corrected chi connectivity index (χ2v) is 7.12. The monoisotopic (exact) mass is 321 g/mol. The first-order chi connectivity index (χ1) is 11.9. The number of fused-ring (bicyclic) bond motifs is 3. The van der Waals surface area contributed by atoms with Gasteiger partial charge in [-0.2, -0.15) is 0 Å². The first-order valence-electron chi connectivity index (χ1n) is 9.43. The van der Waals surface area contributed by atoms with Gasteiger partial charge in [0.05, 0.1) is 6.61 Å². The van der Waals surface area contributed by atoms with Crippen molar-refractivity contribution in [2.24, 2.45) is 5.92 Å². The summed E-state index contributed by atoms with van der Waals surface area (Å²) in [6.07, 6.45) is 4.87. The van der Waals surface area contributed by atoms with Gasteiger partial charge in [-0.15, -0.1) is 0 Å². The molecule has 0 amide bonds. The van der Waals surface area contributed by atoms with Crippen LogP contribution in [0.1, 0.15) is 61.3 Å². The summed E-state index contributed by atoms with van der Waals surface area (Å²) in [4.78, 5) is 0. The van der Waals surface area contributed by atoms with Crippen molar-refractivity contribution < 1.29 is 4.74 Å². The Labute approximate surface area is 145 Å². The van der Waals surface area contributed by atoms with E-state index in [1.807, 2.05) is 0 Å². The molecule has 3 unspecified atom stereocenters. The normalized spacial score (nSPS) is 25.1. The van der Waals surface area contributed by atoms with Crippen molar-refractivity contribution in [2.75, 3.05) is 13.2 Å². The van der Waals surface area contributed by atoms with E-state index in [9.17, 15) is 0 Å². The maximum absolute atomic E-state index is 5.96. The van der Waals surface area contributed by atoms with E-state index < -0.39 is 0 Å². The number of nitrogens with one attached hydrogen (secondary N) is 1. The SMILES string of the molecule is CCCCOc1cccc(C2c3ccccc3C3NCCCC32)c1. The lowest BCUT2D eigenvalue weighted by Gasteiger charge is -2.31. The lowest BCUT2D eigenvalue weighted by atomic mass is 9.80. The van der Waals surface area contributed by atoms with E-state index in [2.05, 4.69) is 60.8 Å². The highest BCUT2D eigenvalue weighted by Gasteiger charge is 2.42. The van der Waals surface area contributed by atoms with Gasteiger partial charge in [0.2, 0.25) is 0 Å². The molecule has 24 heavy (non-hydrogen) atoms. The molecule has 2 aromatic carbocycles. The summed E-state index contributed by atoms with van der Waals surface area (Å²) in [5, 5.41) is 3.76. The molecule has 0 saturated carbocycles. The van der Waals surface area contributed by atoms with Gasteiger partial charge in [-0.3, -0.25) is 0 Å². The molecule has 0 radical (unpaired) electrons. The van der Waals surface area contributed by atoms with Crippen molar-refractivity contribution >= 4 is 0 Å². The summed E-state index contributed by atoms with van der Waals surface area (Å²) in [6.45, 7) is 4.16. The fourth-order valence-electron chi connectivity index (χ4n) is 4.48. The Balaban J connectivity index is 1.66. The second kappa shape index (κ2) is 6.98. The van der Waals surface area contributed by atoms with Crippen molar-refractivity contribution in [1.29, 1.82) is 0 Å². The van der Waals surface area contributed by atoms with Gasteiger partial charge in [0, 0.05) is 12.0 Å². The van der Waals surface area contributed by atoms with Gasteiger partial charge in [0.25, 0.3) is 0 Å². The maximum atomic E-state index is 5.96. The molecule has 1 heterocycles. The Morgan fingerprint density at radius 3 is 2.83 bits per heavy atom. The third-order valence-electron chi connectivity index (χ3n) is 5.58. The smallest absolute Gasteiger partial charge is 0.119 e. The third-order valence-corrected chi connectivity index (χ3v) is 5.58. The van der Waals surface area contributed by atoms with Crippen molar-refractivity contribution in [2.45, 2.75) is 44.6 Å². The molecule has 1 aliphatic carbocycles. The molecule has 2 nitrogen and oxygen atoms in total. The molecule has 1 N–H and O–H groups in total. The van der Waals surface area contributed by atoms with Crippen LogP contribution in [0.5, 0.6) is 5.75 Å². The van der Waals surface area contributed by atoms with Gasteiger partial charge in [0.15, 0.2) is 0 Å². The van der Waals surface area contributed by atoms with Crippen LogP contribution in [0.4, 0.5) is 0 Å². The molecule has 1 saturated heterocycles. The van der Waals surface area contributed by atoms with Crippen LogP contribution in [-0.2, 0) is 0 Å². The first-order valence-corrected chi connectivity index (χ1v) is 9.43. The van der Waals surface area contributed by atoms with Crippen LogP contribution < -0.4 is 10.1 Å². The first kappa shape index (κ1) is 15.7. The summed E-state index contributed by atoms with van der Waals surface area (Å²) < 4.78 is 5.96. The standard InChI is InChI=1S/C22H27NO/c1-2-3-14-24-17-9-6-8-16(15-17)21-18-10-4-5-11-19(18)22-20(21)12-7-13-23-22/h4-6,8-11,15,20-23H,2-3,7,12-14H2,1H3. The fraction of sp³-hybridized carbons (Fsp3) is 0.455.